The van der Waals surface area contributed by atoms with Crippen molar-refractivity contribution in [1.82, 2.24) is 0 Å². The Labute approximate surface area is 175 Å². The maximum Gasteiger partial charge on any atom is 0.244 e. The van der Waals surface area contributed by atoms with Crippen LogP contribution in [0.4, 0.5) is 5.69 Å². The number of benzene rings is 3. The summed E-state index contributed by atoms with van der Waals surface area (Å²) in [6.45, 7) is 0. The van der Waals surface area contributed by atoms with Crippen LogP contribution in [0.3, 0.4) is 0 Å². The van der Waals surface area contributed by atoms with Crippen LogP contribution >= 0.6 is 8.15 Å². The fraction of sp³-hybridized carbons (Fsp3) is 0.120. The maximum absolute atomic E-state index is 13.6. The standard InChI is InChI=1S/C25H18NO3P/c27-23-21-22(24(28)26(23)19-14-8-3-9-15-19)30-20(17-10-4-1-5-11-17)16-25(21,29-30)18-12-6-2-7-13-18/h1-16,21-22H/t21-,22+,25-,30?/m0/s1. The van der Waals surface area contributed by atoms with Gasteiger partial charge < -0.3 is 4.52 Å². The van der Waals surface area contributed by atoms with Gasteiger partial charge in [0.25, 0.3) is 0 Å². The number of imide groups is 1. The van der Waals surface area contributed by atoms with E-state index in [-0.39, 0.29) is 11.8 Å². The van der Waals surface area contributed by atoms with Gasteiger partial charge in [0.05, 0.1) is 19.8 Å². The molecule has 0 aromatic heterocycles. The number of fused-ring (bicyclic) bond motifs is 5. The van der Waals surface area contributed by atoms with Crippen molar-refractivity contribution < 1.29 is 14.1 Å². The van der Waals surface area contributed by atoms with Gasteiger partial charge in [0, 0.05) is 5.31 Å². The number of amides is 2. The summed E-state index contributed by atoms with van der Waals surface area (Å²) in [7, 11) is -1.25. The summed E-state index contributed by atoms with van der Waals surface area (Å²) in [5.41, 5.74) is 1.24. The lowest BCUT2D eigenvalue weighted by atomic mass is 9.79. The van der Waals surface area contributed by atoms with E-state index >= 15 is 0 Å². The van der Waals surface area contributed by atoms with E-state index in [4.69, 9.17) is 4.52 Å². The summed E-state index contributed by atoms with van der Waals surface area (Å²) >= 11 is 0. The predicted octanol–water partition coefficient (Wildman–Crippen LogP) is 4.92. The van der Waals surface area contributed by atoms with Crippen LogP contribution in [0.25, 0.3) is 5.31 Å². The zero-order valence-electron chi connectivity index (χ0n) is 16.0. The van der Waals surface area contributed by atoms with Crippen molar-refractivity contribution in [2.45, 2.75) is 11.3 Å². The quantitative estimate of drug-likeness (QED) is 0.454. The van der Waals surface area contributed by atoms with Gasteiger partial charge in [-0.3, -0.25) is 9.59 Å². The molecule has 3 aromatic rings. The molecule has 2 bridgehead atoms. The van der Waals surface area contributed by atoms with Crippen LogP contribution in [-0.2, 0) is 19.7 Å². The number of anilines is 1. The second-order valence-corrected chi connectivity index (χ2v) is 9.61. The van der Waals surface area contributed by atoms with Crippen molar-refractivity contribution in [3.63, 3.8) is 0 Å². The number of nitrogens with zero attached hydrogens (tertiary/aromatic N) is 1. The maximum atomic E-state index is 13.6. The van der Waals surface area contributed by atoms with Gasteiger partial charge in [-0.1, -0.05) is 78.9 Å². The normalized spacial score (nSPS) is 29.3. The van der Waals surface area contributed by atoms with Crippen molar-refractivity contribution in [3.05, 3.63) is 108 Å². The highest BCUT2D eigenvalue weighted by molar-refractivity contribution is 7.66. The molecule has 0 N–H and O–H groups in total. The van der Waals surface area contributed by atoms with Crippen LogP contribution in [0.2, 0.25) is 0 Å². The number of para-hydroxylation sites is 1. The zero-order valence-corrected chi connectivity index (χ0v) is 16.9. The first-order chi connectivity index (χ1) is 14.7. The fourth-order valence-electron chi connectivity index (χ4n) is 4.83. The second-order valence-electron chi connectivity index (χ2n) is 7.74. The molecule has 2 saturated heterocycles. The molecule has 0 aliphatic carbocycles. The molecule has 2 amide bonds. The minimum absolute atomic E-state index is 0.151. The van der Waals surface area contributed by atoms with Gasteiger partial charge in [0.2, 0.25) is 11.8 Å². The smallest absolute Gasteiger partial charge is 0.244 e. The van der Waals surface area contributed by atoms with Gasteiger partial charge in [-0.15, -0.1) is 0 Å². The van der Waals surface area contributed by atoms with Crippen LogP contribution in [-0.4, -0.2) is 17.5 Å². The van der Waals surface area contributed by atoms with Gasteiger partial charge >= 0.3 is 0 Å². The van der Waals surface area contributed by atoms with E-state index in [0.29, 0.717) is 5.69 Å². The van der Waals surface area contributed by atoms with Crippen molar-refractivity contribution in [1.29, 1.82) is 0 Å². The lowest BCUT2D eigenvalue weighted by molar-refractivity contribution is -0.124. The van der Waals surface area contributed by atoms with E-state index in [1.165, 1.54) is 4.90 Å². The fourth-order valence-corrected chi connectivity index (χ4v) is 7.60. The molecule has 0 saturated carbocycles. The number of rotatable bonds is 3. The first-order valence-corrected chi connectivity index (χ1v) is 11.3. The third-order valence-corrected chi connectivity index (χ3v) is 8.52. The van der Waals surface area contributed by atoms with E-state index in [2.05, 4.69) is 6.08 Å². The Hall–Kier alpha value is -3.07. The molecule has 3 aromatic carbocycles. The Kier molecular flexibility index (Phi) is 3.83. The van der Waals surface area contributed by atoms with Crippen LogP contribution in [0.15, 0.2) is 97.1 Å². The highest BCUT2D eigenvalue weighted by atomic mass is 31.1. The topological polar surface area (TPSA) is 46.6 Å². The van der Waals surface area contributed by atoms with E-state index < -0.39 is 25.3 Å². The minimum Gasteiger partial charge on any atom is -0.338 e. The first kappa shape index (κ1) is 17.8. The molecule has 4 nitrogen and oxygen atoms in total. The summed E-state index contributed by atoms with van der Waals surface area (Å²) in [5, 5.41) is 1.05. The molecular weight excluding hydrogens is 393 g/mol. The Morgan fingerprint density at radius 3 is 2.03 bits per heavy atom. The van der Waals surface area contributed by atoms with Gasteiger partial charge in [0.1, 0.15) is 11.3 Å². The SMILES string of the molecule is O=C1[C@@H]2[C@H](C(=O)N1c1ccccc1)P1O[C@]2(c2ccccc2)C=C1c1ccccc1. The average molecular weight is 411 g/mol. The Bertz CT molecular complexity index is 1180. The minimum atomic E-state index is -1.25. The van der Waals surface area contributed by atoms with Crippen molar-refractivity contribution >= 4 is 31.0 Å². The molecule has 30 heavy (non-hydrogen) atoms. The number of hydrogen-bond acceptors (Lipinski definition) is 3. The number of hydrogen-bond donors (Lipinski definition) is 0. The molecule has 3 heterocycles. The third kappa shape index (κ3) is 2.29. The summed E-state index contributed by atoms with van der Waals surface area (Å²) < 4.78 is 6.61. The first-order valence-electron chi connectivity index (χ1n) is 9.96. The van der Waals surface area contributed by atoms with Gasteiger partial charge in [-0.2, -0.15) is 0 Å². The molecule has 146 valence electrons. The van der Waals surface area contributed by atoms with E-state index in [0.717, 1.165) is 16.4 Å². The van der Waals surface area contributed by atoms with Crippen LogP contribution in [0, 0.1) is 5.92 Å². The molecule has 2 fully saturated rings. The third-order valence-electron chi connectivity index (χ3n) is 6.14. The Morgan fingerprint density at radius 1 is 0.767 bits per heavy atom. The summed E-state index contributed by atoms with van der Waals surface area (Å²) in [6, 6.07) is 29.1. The molecule has 6 rings (SSSR count). The number of carbonyl (C=O) groups is 2. The highest BCUT2D eigenvalue weighted by Gasteiger charge is 2.70. The lowest BCUT2D eigenvalue weighted by Gasteiger charge is -2.29. The lowest BCUT2D eigenvalue weighted by Crippen LogP contribution is -2.39. The average Bonchev–Trinajstić information content (AvgIpc) is 3.44. The van der Waals surface area contributed by atoms with Gasteiger partial charge in [-0.05, 0) is 29.3 Å². The van der Waals surface area contributed by atoms with Crippen molar-refractivity contribution in [2.75, 3.05) is 4.90 Å². The Morgan fingerprint density at radius 2 is 1.37 bits per heavy atom. The molecule has 3 aliphatic rings. The second kappa shape index (κ2) is 6.46. The molecule has 3 aliphatic heterocycles. The van der Waals surface area contributed by atoms with Gasteiger partial charge in [-0.25, -0.2) is 4.90 Å². The van der Waals surface area contributed by atoms with Crippen LogP contribution in [0.1, 0.15) is 11.1 Å². The van der Waals surface area contributed by atoms with Crippen molar-refractivity contribution in [2.24, 2.45) is 5.92 Å². The predicted molar refractivity (Wildman–Crippen MR) is 117 cm³/mol. The van der Waals surface area contributed by atoms with Crippen LogP contribution in [0.5, 0.6) is 0 Å². The van der Waals surface area contributed by atoms with E-state index in [1.54, 1.807) is 0 Å². The molecule has 0 radical (unpaired) electrons. The zero-order chi connectivity index (χ0) is 20.3. The van der Waals surface area contributed by atoms with E-state index in [9.17, 15) is 9.59 Å². The van der Waals surface area contributed by atoms with Gasteiger partial charge in [0.15, 0.2) is 0 Å². The molecule has 5 heteroatoms. The molecule has 4 atom stereocenters. The largest absolute Gasteiger partial charge is 0.338 e. The molecular formula is C25H18NO3P. The number of carbonyl (C=O) groups excluding carboxylic acids is 2. The molecule has 1 unspecified atom stereocenters. The Balaban J connectivity index is 1.53. The summed E-state index contributed by atoms with van der Waals surface area (Å²) in [6.07, 6.45) is 2.10. The summed E-state index contributed by atoms with van der Waals surface area (Å²) in [5.74, 6) is -0.860. The van der Waals surface area contributed by atoms with Crippen molar-refractivity contribution in [3.8, 4) is 0 Å². The monoisotopic (exact) mass is 411 g/mol. The van der Waals surface area contributed by atoms with E-state index in [1.807, 2.05) is 91.0 Å². The molecule has 0 spiro atoms. The summed E-state index contributed by atoms with van der Waals surface area (Å²) in [4.78, 5) is 28.5. The highest BCUT2D eigenvalue weighted by Crippen LogP contribution is 2.76. The van der Waals surface area contributed by atoms with Crippen LogP contribution < -0.4 is 4.90 Å².